The van der Waals surface area contributed by atoms with Gasteiger partial charge in [-0.05, 0) is 24.5 Å². The monoisotopic (exact) mass is 298 g/mol. The Morgan fingerprint density at radius 2 is 2.21 bits per heavy atom. The third-order valence-electron chi connectivity index (χ3n) is 2.69. The molecule has 3 N–H and O–H groups in total. The fourth-order valence-electron chi connectivity index (χ4n) is 1.78. The lowest BCUT2D eigenvalue weighted by Gasteiger charge is -2.14. The van der Waals surface area contributed by atoms with Crippen LogP contribution in [0.1, 0.15) is 20.3 Å². The van der Waals surface area contributed by atoms with Gasteiger partial charge in [0.25, 0.3) is 0 Å². The van der Waals surface area contributed by atoms with Gasteiger partial charge in [0, 0.05) is 0 Å². The second-order valence-electron chi connectivity index (χ2n) is 4.78. The molecule has 19 heavy (non-hydrogen) atoms. The highest BCUT2D eigenvalue weighted by atomic mass is 35.5. The predicted octanol–water partition coefficient (Wildman–Crippen LogP) is 2.66. The van der Waals surface area contributed by atoms with Crippen LogP contribution in [0.15, 0.2) is 12.1 Å². The van der Waals surface area contributed by atoms with E-state index in [4.69, 9.17) is 17.3 Å². The molecule has 1 aromatic carbocycles. The van der Waals surface area contributed by atoms with Crippen molar-refractivity contribution in [3.05, 3.63) is 17.2 Å². The van der Waals surface area contributed by atoms with E-state index in [2.05, 4.69) is 14.1 Å². The molecule has 0 aliphatic rings. The first kappa shape index (κ1) is 14.2. The number of nitrogens with zero attached hydrogens (tertiary/aromatic N) is 2. The van der Waals surface area contributed by atoms with E-state index < -0.39 is 6.04 Å². The summed E-state index contributed by atoms with van der Waals surface area (Å²) in [6.07, 6.45) is 0.620. The molecule has 7 heteroatoms. The van der Waals surface area contributed by atoms with Crippen molar-refractivity contribution in [1.29, 1.82) is 0 Å². The van der Waals surface area contributed by atoms with Gasteiger partial charge in [0.05, 0.1) is 28.5 Å². The van der Waals surface area contributed by atoms with Crippen molar-refractivity contribution in [3.63, 3.8) is 0 Å². The van der Waals surface area contributed by atoms with E-state index in [1.165, 1.54) is 0 Å². The van der Waals surface area contributed by atoms with E-state index in [0.717, 1.165) is 11.7 Å². The zero-order chi connectivity index (χ0) is 14.0. The van der Waals surface area contributed by atoms with Gasteiger partial charge in [-0.1, -0.05) is 25.4 Å². The Kier molecular flexibility index (Phi) is 4.34. The van der Waals surface area contributed by atoms with E-state index in [9.17, 15) is 4.79 Å². The van der Waals surface area contributed by atoms with Crippen molar-refractivity contribution < 1.29 is 4.79 Å². The summed E-state index contributed by atoms with van der Waals surface area (Å²) in [5, 5.41) is 3.19. The number of hydrogen-bond donors (Lipinski definition) is 2. The molecule has 0 bridgehead atoms. The van der Waals surface area contributed by atoms with E-state index in [1.807, 2.05) is 13.8 Å². The topological polar surface area (TPSA) is 80.9 Å². The maximum Gasteiger partial charge on any atom is 0.241 e. The Hall–Kier alpha value is -1.24. The zero-order valence-electron chi connectivity index (χ0n) is 10.7. The molecule has 2 aromatic rings. The number of benzene rings is 1. The van der Waals surface area contributed by atoms with Crippen molar-refractivity contribution in [1.82, 2.24) is 8.75 Å². The van der Waals surface area contributed by atoms with Gasteiger partial charge in [0.15, 0.2) is 0 Å². The van der Waals surface area contributed by atoms with Crippen LogP contribution >= 0.6 is 23.3 Å². The Labute approximate surface area is 120 Å². The summed E-state index contributed by atoms with van der Waals surface area (Å²) in [5.41, 5.74) is 7.64. The number of hydrogen-bond acceptors (Lipinski definition) is 5. The SMILES string of the molecule is CC(C)CC(N)C(=O)Nc1c(Cl)ccc2nsnc12. The second kappa shape index (κ2) is 5.81. The highest BCUT2D eigenvalue weighted by molar-refractivity contribution is 7.00. The molecule has 102 valence electrons. The summed E-state index contributed by atoms with van der Waals surface area (Å²) in [5.74, 6) is 0.101. The van der Waals surface area contributed by atoms with E-state index in [1.54, 1.807) is 12.1 Å². The summed E-state index contributed by atoms with van der Waals surface area (Å²) >= 11 is 7.18. The number of nitrogens with one attached hydrogen (secondary N) is 1. The number of fused-ring (bicyclic) bond motifs is 1. The number of anilines is 1. The Morgan fingerprint density at radius 3 is 2.89 bits per heavy atom. The number of nitrogens with two attached hydrogens (primary N) is 1. The van der Waals surface area contributed by atoms with Crippen LogP contribution in [-0.2, 0) is 4.79 Å². The van der Waals surface area contributed by atoms with Gasteiger partial charge in [-0.2, -0.15) is 8.75 Å². The minimum absolute atomic E-state index is 0.254. The molecular weight excluding hydrogens is 284 g/mol. The molecule has 1 atom stereocenters. The molecule has 0 radical (unpaired) electrons. The Bertz CT molecular complexity index is 598. The van der Waals surface area contributed by atoms with Crippen LogP contribution < -0.4 is 11.1 Å². The third kappa shape index (κ3) is 3.20. The molecule has 0 fully saturated rings. The maximum absolute atomic E-state index is 12.0. The molecule has 2 rings (SSSR count). The lowest BCUT2D eigenvalue weighted by molar-refractivity contribution is -0.117. The molecule has 1 unspecified atom stereocenters. The maximum atomic E-state index is 12.0. The van der Waals surface area contributed by atoms with Crippen LogP contribution in [0.4, 0.5) is 5.69 Å². The molecule has 0 saturated heterocycles. The summed E-state index contributed by atoms with van der Waals surface area (Å²) < 4.78 is 8.25. The average Bonchev–Trinajstić information content (AvgIpc) is 2.80. The van der Waals surface area contributed by atoms with Gasteiger partial charge in [0.2, 0.25) is 5.91 Å². The molecule has 0 aliphatic carbocycles. The standard InChI is InChI=1S/C12H15ClN4OS/c1-6(2)5-8(14)12(18)15-10-7(13)3-4-9-11(10)17-19-16-9/h3-4,6,8H,5,14H2,1-2H3,(H,15,18). The number of amides is 1. The van der Waals surface area contributed by atoms with Crippen LogP contribution in [0.25, 0.3) is 11.0 Å². The van der Waals surface area contributed by atoms with Crippen LogP contribution in [-0.4, -0.2) is 20.7 Å². The molecule has 1 aromatic heterocycles. The highest BCUT2D eigenvalue weighted by Crippen LogP contribution is 2.30. The fourth-order valence-corrected chi connectivity index (χ4v) is 2.52. The van der Waals surface area contributed by atoms with Crippen LogP contribution in [0.2, 0.25) is 5.02 Å². The quantitative estimate of drug-likeness (QED) is 0.909. The smallest absolute Gasteiger partial charge is 0.241 e. The van der Waals surface area contributed by atoms with Gasteiger partial charge < -0.3 is 11.1 Å². The van der Waals surface area contributed by atoms with Gasteiger partial charge in [-0.3, -0.25) is 4.79 Å². The van der Waals surface area contributed by atoms with Gasteiger partial charge in [-0.25, -0.2) is 0 Å². The number of halogens is 1. The van der Waals surface area contributed by atoms with E-state index in [-0.39, 0.29) is 5.91 Å². The lowest BCUT2D eigenvalue weighted by Crippen LogP contribution is -2.36. The molecule has 1 amide bonds. The molecule has 0 saturated carbocycles. The lowest BCUT2D eigenvalue weighted by atomic mass is 10.0. The van der Waals surface area contributed by atoms with Crippen molar-refractivity contribution in [2.24, 2.45) is 11.7 Å². The number of carbonyl (C=O) groups is 1. The minimum atomic E-state index is -0.557. The number of rotatable bonds is 4. The largest absolute Gasteiger partial charge is 0.322 e. The number of carbonyl (C=O) groups excluding carboxylic acids is 1. The van der Waals surface area contributed by atoms with Crippen molar-refractivity contribution >= 4 is 46.0 Å². The first-order chi connectivity index (χ1) is 8.99. The average molecular weight is 299 g/mol. The van der Waals surface area contributed by atoms with Gasteiger partial charge >= 0.3 is 0 Å². The van der Waals surface area contributed by atoms with Gasteiger partial charge in [-0.15, -0.1) is 0 Å². The highest BCUT2D eigenvalue weighted by Gasteiger charge is 2.18. The molecule has 0 aliphatic heterocycles. The van der Waals surface area contributed by atoms with E-state index in [0.29, 0.717) is 34.1 Å². The van der Waals surface area contributed by atoms with Crippen molar-refractivity contribution in [2.75, 3.05) is 5.32 Å². The first-order valence-electron chi connectivity index (χ1n) is 5.96. The number of aromatic nitrogens is 2. The normalized spacial score (nSPS) is 12.9. The van der Waals surface area contributed by atoms with E-state index >= 15 is 0 Å². The van der Waals surface area contributed by atoms with Gasteiger partial charge in [0.1, 0.15) is 11.0 Å². The molecule has 0 spiro atoms. The molecular formula is C12H15ClN4OS. The van der Waals surface area contributed by atoms with Crippen molar-refractivity contribution in [2.45, 2.75) is 26.3 Å². The van der Waals surface area contributed by atoms with Crippen LogP contribution in [0.3, 0.4) is 0 Å². The predicted molar refractivity (Wildman–Crippen MR) is 78.5 cm³/mol. The molecule has 5 nitrogen and oxygen atoms in total. The summed E-state index contributed by atoms with van der Waals surface area (Å²) in [6, 6.07) is 2.90. The Morgan fingerprint density at radius 1 is 1.47 bits per heavy atom. The van der Waals surface area contributed by atoms with Crippen LogP contribution in [0.5, 0.6) is 0 Å². The summed E-state index contributed by atoms with van der Waals surface area (Å²) in [7, 11) is 0. The second-order valence-corrected chi connectivity index (χ2v) is 5.72. The third-order valence-corrected chi connectivity index (χ3v) is 3.54. The zero-order valence-corrected chi connectivity index (χ0v) is 12.3. The Balaban J connectivity index is 2.23. The van der Waals surface area contributed by atoms with Crippen molar-refractivity contribution in [3.8, 4) is 0 Å². The molecule has 1 heterocycles. The summed E-state index contributed by atoms with van der Waals surface area (Å²) in [6.45, 7) is 4.04. The first-order valence-corrected chi connectivity index (χ1v) is 7.07. The minimum Gasteiger partial charge on any atom is -0.322 e. The van der Waals surface area contributed by atoms with Crippen LogP contribution in [0, 0.1) is 5.92 Å². The summed E-state index contributed by atoms with van der Waals surface area (Å²) in [4.78, 5) is 12.0. The fraction of sp³-hybridized carbons (Fsp3) is 0.417.